The molecule has 1 aromatic carbocycles. The summed E-state index contributed by atoms with van der Waals surface area (Å²) in [6, 6.07) is 8.11. The van der Waals surface area contributed by atoms with Crippen molar-refractivity contribution in [3.63, 3.8) is 0 Å². The molecule has 1 aromatic heterocycles. The lowest BCUT2D eigenvalue weighted by Crippen LogP contribution is -2.03. The number of para-hydroxylation sites is 1. The van der Waals surface area contributed by atoms with Crippen LogP contribution in [0.5, 0.6) is 5.75 Å². The number of aromatic nitrogens is 1. The quantitative estimate of drug-likeness (QED) is 0.782. The maximum absolute atomic E-state index is 5.64. The molecule has 0 aliphatic heterocycles. The number of hydrogen-bond donors (Lipinski definition) is 1. The number of ether oxygens (including phenoxy) is 1. The monoisotopic (exact) mass is 190 g/mol. The van der Waals surface area contributed by atoms with Gasteiger partial charge in [-0.05, 0) is 12.1 Å². The Morgan fingerprint density at radius 3 is 2.86 bits per heavy atom. The van der Waals surface area contributed by atoms with Crippen molar-refractivity contribution < 1.29 is 4.74 Å². The van der Waals surface area contributed by atoms with E-state index < -0.39 is 0 Å². The number of methoxy groups -OCH3 is 1. The highest BCUT2D eigenvalue weighted by atomic mass is 16.5. The lowest BCUT2D eigenvalue weighted by molar-refractivity contribution is 0.417. The third kappa shape index (κ3) is 1.17. The molecule has 3 nitrogen and oxygen atoms in total. The van der Waals surface area contributed by atoms with E-state index in [0.717, 1.165) is 17.0 Å². The molecule has 0 bridgehead atoms. The lowest BCUT2D eigenvalue weighted by atomic mass is 10.2. The molecule has 0 saturated heterocycles. The first-order valence-electron chi connectivity index (χ1n) is 4.59. The molecule has 2 aromatic rings. The molecule has 0 spiro atoms. The average Bonchev–Trinajstić information content (AvgIpc) is 2.55. The predicted octanol–water partition coefficient (Wildman–Crippen LogP) is 1.65. The van der Waals surface area contributed by atoms with E-state index in [1.165, 1.54) is 5.39 Å². The van der Waals surface area contributed by atoms with Crippen molar-refractivity contribution in [2.45, 2.75) is 6.54 Å². The Bertz CT molecular complexity index is 460. The van der Waals surface area contributed by atoms with Crippen LogP contribution in [0.25, 0.3) is 10.9 Å². The maximum atomic E-state index is 5.64. The van der Waals surface area contributed by atoms with Crippen LogP contribution in [0.2, 0.25) is 0 Å². The fourth-order valence-corrected chi connectivity index (χ4v) is 1.80. The molecule has 0 amide bonds. The van der Waals surface area contributed by atoms with Crippen LogP contribution in [-0.4, -0.2) is 11.7 Å². The van der Waals surface area contributed by atoms with Crippen LogP contribution in [-0.2, 0) is 13.6 Å². The molecular weight excluding hydrogens is 176 g/mol. The first-order chi connectivity index (χ1) is 6.77. The second kappa shape index (κ2) is 3.35. The van der Waals surface area contributed by atoms with Crippen molar-refractivity contribution in [2.24, 2.45) is 12.8 Å². The number of hydrogen-bond acceptors (Lipinski definition) is 2. The van der Waals surface area contributed by atoms with Crippen LogP contribution in [0, 0.1) is 0 Å². The molecule has 0 fully saturated rings. The molecule has 2 N–H and O–H groups in total. The van der Waals surface area contributed by atoms with E-state index in [0.29, 0.717) is 6.54 Å². The van der Waals surface area contributed by atoms with Crippen LogP contribution < -0.4 is 10.5 Å². The standard InChI is InChI=1S/C11H14N2O/c1-13-9(7-12)6-8-4-3-5-10(14-2)11(8)13/h3-6H,7,12H2,1-2H3. The molecule has 0 aliphatic carbocycles. The van der Waals surface area contributed by atoms with Gasteiger partial charge in [-0.25, -0.2) is 0 Å². The van der Waals surface area contributed by atoms with Crippen molar-refractivity contribution >= 4 is 10.9 Å². The van der Waals surface area contributed by atoms with E-state index in [-0.39, 0.29) is 0 Å². The summed E-state index contributed by atoms with van der Waals surface area (Å²) in [6.45, 7) is 0.550. The summed E-state index contributed by atoms with van der Waals surface area (Å²) in [5, 5.41) is 1.17. The molecule has 2 rings (SSSR count). The van der Waals surface area contributed by atoms with Gasteiger partial charge in [0, 0.05) is 24.7 Å². The van der Waals surface area contributed by atoms with Gasteiger partial charge in [0.05, 0.1) is 12.6 Å². The van der Waals surface area contributed by atoms with Crippen molar-refractivity contribution in [3.05, 3.63) is 30.0 Å². The minimum atomic E-state index is 0.550. The van der Waals surface area contributed by atoms with E-state index in [2.05, 4.69) is 16.7 Å². The van der Waals surface area contributed by atoms with Crippen molar-refractivity contribution in [2.75, 3.05) is 7.11 Å². The fraction of sp³-hybridized carbons (Fsp3) is 0.273. The van der Waals surface area contributed by atoms with Crippen molar-refractivity contribution in [3.8, 4) is 5.75 Å². The summed E-state index contributed by atoms with van der Waals surface area (Å²) >= 11 is 0. The smallest absolute Gasteiger partial charge is 0.143 e. The van der Waals surface area contributed by atoms with Gasteiger partial charge in [-0.2, -0.15) is 0 Å². The normalized spacial score (nSPS) is 10.8. The van der Waals surface area contributed by atoms with Crippen LogP contribution in [0.15, 0.2) is 24.3 Å². The Balaban J connectivity index is 2.79. The summed E-state index contributed by atoms with van der Waals surface area (Å²) in [4.78, 5) is 0. The van der Waals surface area contributed by atoms with E-state index in [4.69, 9.17) is 10.5 Å². The van der Waals surface area contributed by atoms with Gasteiger partial charge >= 0.3 is 0 Å². The Kier molecular flexibility index (Phi) is 2.17. The summed E-state index contributed by atoms with van der Waals surface area (Å²) in [5.41, 5.74) is 7.87. The Morgan fingerprint density at radius 2 is 2.21 bits per heavy atom. The Hall–Kier alpha value is -1.48. The molecule has 0 aliphatic rings. The number of fused-ring (bicyclic) bond motifs is 1. The lowest BCUT2D eigenvalue weighted by Gasteiger charge is -2.05. The zero-order valence-electron chi connectivity index (χ0n) is 8.45. The molecule has 0 saturated carbocycles. The van der Waals surface area contributed by atoms with Crippen molar-refractivity contribution in [1.29, 1.82) is 0 Å². The number of nitrogens with two attached hydrogens (primary N) is 1. The zero-order chi connectivity index (χ0) is 10.1. The zero-order valence-corrected chi connectivity index (χ0v) is 8.45. The van der Waals surface area contributed by atoms with E-state index in [1.54, 1.807) is 7.11 Å². The molecule has 14 heavy (non-hydrogen) atoms. The first kappa shape index (κ1) is 9.09. The van der Waals surface area contributed by atoms with Crippen molar-refractivity contribution in [1.82, 2.24) is 4.57 Å². The number of rotatable bonds is 2. The summed E-state index contributed by atoms with van der Waals surface area (Å²) in [7, 11) is 3.69. The van der Waals surface area contributed by atoms with Crippen LogP contribution in [0.3, 0.4) is 0 Å². The molecule has 74 valence electrons. The highest BCUT2D eigenvalue weighted by Gasteiger charge is 2.08. The van der Waals surface area contributed by atoms with E-state index in [1.807, 2.05) is 19.2 Å². The fourth-order valence-electron chi connectivity index (χ4n) is 1.80. The maximum Gasteiger partial charge on any atom is 0.143 e. The summed E-state index contributed by atoms with van der Waals surface area (Å²) in [6.07, 6.45) is 0. The van der Waals surface area contributed by atoms with E-state index >= 15 is 0 Å². The summed E-state index contributed by atoms with van der Waals surface area (Å²) < 4.78 is 7.38. The van der Waals surface area contributed by atoms with Gasteiger partial charge in [-0.3, -0.25) is 0 Å². The first-order valence-corrected chi connectivity index (χ1v) is 4.59. The van der Waals surface area contributed by atoms with Gasteiger partial charge in [-0.15, -0.1) is 0 Å². The molecule has 0 radical (unpaired) electrons. The predicted molar refractivity (Wildman–Crippen MR) is 57.4 cm³/mol. The SMILES string of the molecule is COc1cccc2cc(CN)n(C)c12. The minimum Gasteiger partial charge on any atom is -0.495 e. The average molecular weight is 190 g/mol. The van der Waals surface area contributed by atoms with Gasteiger partial charge in [-0.1, -0.05) is 12.1 Å². The van der Waals surface area contributed by atoms with Crippen LogP contribution >= 0.6 is 0 Å². The number of aryl methyl sites for hydroxylation is 1. The third-order valence-corrected chi connectivity index (χ3v) is 2.55. The Labute approximate surface area is 83.1 Å². The molecule has 1 heterocycles. The topological polar surface area (TPSA) is 40.2 Å². The van der Waals surface area contributed by atoms with Gasteiger partial charge in [0.25, 0.3) is 0 Å². The minimum absolute atomic E-state index is 0.550. The summed E-state index contributed by atoms with van der Waals surface area (Å²) in [5.74, 6) is 0.893. The second-order valence-electron chi connectivity index (χ2n) is 3.30. The number of nitrogens with zero attached hydrogens (tertiary/aromatic N) is 1. The third-order valence-electron chi connectivity index (χ3n) is 2.55. The van der Waals surface area contributed by atoms with Gasteiger partial charge in [0.15, 0.2) is 0 Å². The van der Waals surface area contributed by atoms with Gasteiger partial charge in [0.2, 0.25) is 0 Å². The highest BCUT2D eigenvalue weighted by Crippen LogP contribution is 2.27. The Morgan fingerprint density at radius 1 is 1.43 bits per heavy atom. The number of benzene rings is 1. The molecule has 3 heteroatoms. The van der Waals surface area contributed by atoms with Gasteiger partial charge < -0.3 is 15.0 Å². The largest absolute Gasteiger partial charge is 0.495 e. The van der Waals surface area contributed by atoms with Crippen LogP contribution in [0.1, 0.15) is 5.69 Å². The van der Waals surface area contributed by atoms with Gasteiger partial charge in [0.1, 0.15) is 5.75 Å². The molecular formula is C11H14N2O. The van der Waals surface area contributed by atoms with Crippen LogP contribution in [0.4, 0.5) is 0 Å². The molecule has 0 unspecified atom stereocenters. The van der Waals surface area contributed by atoms with E-state index in [9.17, 15) is 0 Å². The molecule has 0 atom stereocenters. The second-order valence-corrected chi connectivity index (χ2v) is 3.30. The highest BCUT2D eigenvalue weighted by molar-refractivity contribution is 5.86.